The van der Waals surface area contributed by atoms with E-state index in [9.17, 15) is 0 Å². The molecule has 2 atom stereocenters. The van der Waals surface area contributed by atoms with Crippen molar-refractivity contribution < 1.29 is 9.47 Å². The van der Waals surface area contributed by atoms with Gasteiger partial charge >= 0.3 is 0 Å². The summed E-state index contributed by atoms with van der Waals surface area (Å²) in [6, 6.07) is 10.9. The number of benzene rings is 1. The molecule has 2 aromatic rings. The van der Waals surface area contributed by atoms with Gasteiger partial charge in [0, 0.05) is 24.3 Å². The van der Waals surface area contributed by atoms with Gasteiger partial charge in [-0.15, -0.1) is 0 Å². The number of nitrogens with zero attached hydrogens (tertiary/aromatic N) is 1. The number of ether oxygens (including phenoxy) is 2. The Labute approximate surface area is 139 Å². The van der Waals surface area contributed by atoms with Crippen molar-refractivity contribution in [3.05, 3.63) is 58.3 Å². The van der Waals surface area contributed by atoms with Crippen molar-refractivity contribution >= 4 is 23.2 Å². The smallest absolute Gasteiger partial charge is 0.168 e. The summed E-state index contributed by atoms with van der Waals surface area (Å²) < 4.78 is 11.9. The van der Waals surface area contributed by atoms with Crippen LogP contribution in [0, 0.1) is 0 Å². The fraction of sp³-hybridized carbons (Fsp3) is 0.312. The molecule has 1 N–H and O–H groups in total. The Balaban J connectivity index is 1.87. The molecule has 1 aromatic carbocycles. The molecule has 6 heteroatoms. The van der Waals surface area contributed by atoms with Crippen LogP contribution in [0.3, 0.4) is 0 Å². The summed E-state index contributed by atoms with van der Waals surface area (Å²) in [6.07, 6.45) is 1.27. The van der Waals surface area contributed by atoms with Gasteiger partial charge in [-0.05, 0) is 30.3 Å². The third-order valence-corrected chi connectivity index (χ3v) is 3.95. The zero-order valence-corrected chi connectivity index (χ0v) is 13.3. The molecule has 0 bridgehead atoms. The Bertz CT molecular complexity index is 619. The second-order valence-corrected chi connectivity index (χ2v) is 5.82. The van der Waals surface area contributed by atoms with E-state index in [1.807, 2.05) is 18.2 Å². The van der Waals surface area contributed by atoms with Gasteiger partial charge in [-0.25, -0.2) is 0 Å². The molecule has 3 rings (SSSR count). The first kappa shape index (κ1) is 15.6. The lowest BCUT2D eigenvalue weighted by molar-refractivity contribution is -0.0446. The van der Waals surface area contributed by atoms with Crippen LogP contribution in [-0.2, 0) is 4.74 Å². The van der Waals surface area contributed by atoms with E-state index >= 15 is 0 Å². The third kappa shape index (κ3) is 3.70. The van der Waals surface area contributed by atoms with E-state index in [2.05, 4.69) is 10.3 Å². The van der Waals surface area contributed by atoms with Crippen LogP contribution < -0.4 is 10.1 Å². The van der Waals surface area contributed by atoms with E-state index in [4.69, 9.17) is 32.7 Å². The van der Waals surface area contributed by atoms with E-state index in [-0.39, 0.29) is 12.2 Å². The fourth-order valence-electron chi connectivity index (χ4n) is 2.36. The van der Waals surface area contributed by atoms with Gasteiger partial charge in [0.05, 0.1) is 17.3 Å². The van der Waals surface area contributed by atoms with E-state index < -0.39 is 0 Å². The van der Waals surface area contributed by atoms with Gasteiger partial charge in [-0.2, -0.15) is 0 Å². The largest absolute Gasteiger partial charge is 0.480 e. The second-order valence-electron chi connectivity index (χ2n) is 4.98. The number of aromatic nitrogens is 1. The van der Waals surface area contributed by atoms with Gasteiger partial charge in [0.1, 0.15) is 11.9 Å². The van der Waals surface area contributed by atoms with E-state index in [0.717, 1.165) is 12.2 Å². The molecular weight excluding hydrogens is 323 g/mol. The first-order chi connectivity index (χ1) is 10.7. The van der Waals surface area contributed by atoms with Gasteiger partial charge in [0.25, 0.3) is 0 Å². The monoisotopic (exact) mass is 338 g/mol. The lowest BCUT2D eigenvalue weighted by Gasteiger charge is -2.31. The summed E-state index contributed by atoms with van der Waals surface area (Å²) in [5, 5.41) is 4.35. The van der Waals surface area contributed by atoms with Gasteiger partial charge in [0.15, 0.2) is 6.10 Å². The number of rotatable bonds is 4. The number of nitrogens with one attached hydrogen (secondary N) is 1. The zero-order chi connectivity index (χ0) is 15.4. The van der Waals surface area contributed by atoms with Crippen molar-refractivity contribution in [1.29, 1.82) is 0 Å². The molecule has 2 unspecified atom stereocenters. The summed E-state index contributed by atoms with van der Waals surface area (Å²) in [6.45, 7) is 2.19. The average Bonchev–Trinajstić information content (AvgIpc) is 2.56. The van der Waals surface area contributed by atoms with Crippen molar-refractivity contribution in [3.63, 3.8) is 0 Å². The molecule has 0 amide bonds. The standard InChI is InChI=1S/C16H16Cl2N2O2/c17-11-4-5-14(12(18)9-11)22-16(13-3-1-2-6-20-13)15-10-19-7-8-21-15/h1-6,9,15-16,19H,7-8,10H2. The molecule has 22 heavy (non-hydrogen) atoms. The maximum absolute atomic E-state index is 6.21. The van der Waals surface area contributed by atoms with Crippen LogP contribution in [0.4, 0.5) is 0 Å². The van der Waals surface area contributed by atoms with Crippen LogP contribution in [-0.4, -0.2) is 30.8 Å². The Morgan fingerprint density at radius 2 is 2.18 bits per heavy atom. The molecule has 2 heterocycles. The Hall–Kier alpha value is -1.33. The van der Waals surface area contributed by atoms with Crippen LogP contribution in [0.25, 0.3) is 0 Å². The van der Waals surface area contributed by atoms with Crippen LogP contribution in [0.2, 0.25) is 10.0 Å². The molecule has 1 saturated heterocycles. The fourth-order valence-corrected chi connectivity index (χ4v) is 2.81. The van der Waals surface area contributed by atoms with Crippen molar-refractivity contribution in [2.45, 2.75) is 12.2 Å². The minimum atomic E-state index is -0.340. The summed E-state index contributed by atoms with van der Waals surface area (Å²) in [7, 11) is 0. The van der Waals surface area contributed by atoms with Crippen LogP contribution in [0.5, 0.6) is 5.75 Å². The Morgan fingerprint density at radius 3 is 2.86 bits per heavy atom. The normalized spacial score (nSPS) is 19.6. The number of morpholine rings is 1. The minimum Gasteiger partial charge on any atom is -0.480 e. The Kier molecular flexibility index (Phi) is 5.16. The van der Waals surface area contributed by atoms with Crippen molar-refractivity contribution in [2.24, 2.45) is 0 Å². The minimum absolute atomic E-state index is 0.129. The molecule has 1 aliphatic rings. The number of hydrogen-bond acceptors (Lipinski definition) is 4. The first-order valence-corrected chi connectivity index (χ1v) is 7.84. The average molecular weight is 339 g/mol. The van der Waals surface area contributed by atoms with Crippen LogP contribution >= 0.6 is 23.2 Å². The molecule has 1 fully saturated rings. The van der Waals surface area contributed by atoms with Gasteiger partial charge in [0.2, 0.25) is 0 Å². The second kappa shape index (κ2) is 7.29. The van der Waals surface area contributed by atoms with Crippen molar-refractivity contribution in [1.82, 2.24) is 10.3 Å². The number of hydrogen-bond donors (Lipinski definition) is 1. The lowest BCUT2D eigenvalue weighted by atomic mass is 10.1. The van der Waals surface area contributed by atoms with E-state index in [0.29, 0.717) is 28.9 Å². The molecule has 1 aromatic heterocycles. The quantitative estimate of drug-likeness (QED) is 0.926. The maximum Gasteiger partial charge on any atom is 0.168 e. The van der Waals surface area contributed by atoms with E-state index in [1.54, 1.807) is 24.4 Å². The topological polar surface area (TPSA) is 43.4 Å². The highest BCUT2D eigenvalue weighted by Gasteiger charge is 2.29. The first-order valence-electron chi connectivity index (χ1n) is 7.09. The summed E-state index contributed by atoms with van der Waals surface area (Å²) >= 11 is 12.1. The van der Waals surface area contributed by atoms with Crippen molar-refractivity contribution in [2.75, 3.05) is 19.7 Å². The predicted octanol–water partition coefficient (Wildman–Crippen LogP) is 3.50. The highest BCUT2D eigenvalue weighted by molar-refractivity contribution is 6.35. The molecule has 1 aliphatic heterocycles. The number of pyridine rings is 1. The predicted molar refractivity (Wildman–Crippen MR) is 86.7 cm³/mol. The zero-order valence-electron chi connectivity index (χ0n) is 11.8. The van der Waals surface area contributed by atoms with Gasteiger partial charge in [-0.3, -0.25) is 4.98 Å². The molecule has 0 saturated carbocycles. The molecule has 4 nitrogen and oxygen atoms in total. The molecular formula is C16H16Cl2N2O2. The summed E-state index contributed by atoms with van der Waals surface area (Å²) in [5.41, 5.74) is 0.808. The maximum atomic E-state index is 6.21. The van der Waals surface area contributed by atoms with Crippen molar-refractivity contribution in [3.8, 4) is 5.75 Å². The van der Waals surface area contributed by atoms with Crippen LogP contribution in [0.1, 0.15) is 11.8 Å². The Morgan fingerprint density at radius 1 is 1.27 bits per heavy atom. The summed E-state index contributed by atoms with van der Waals surface area (Å²) in [4.78, 5) is 4.40. The van der Waals surface area contributed by atoms with Gasteiger partial charge in [-0.1, -0.05) is 29.3 Å². The molecule has 0 aliphatic carbocycles. The highest BCUT2D eigenvalue weighted by Crippen LogP contribution is 2.33. The van der Waals surface area contributed by atoms with Crippen LogP contribution in [0.15, 0.2) is 42.6 Å². The molecule has 116 valence electrons. The lowest BCUT2D eigenvalue weighted by Crippen LogP contribution is -2.43. The highest BCUT2D eigenvalue weighted by atomic mass is 35.5. The summed E-state index contributed by atoms with van der Waals surface area (Å²) in [5.74, 6) is 0.566. The van der Waals surface area contributed by atoms with E-state index in [1.165, 1.54) is 0 Å². The number of halogens is 2. The SMILES string of the molecule is Clc1ccc(OC(c2ccccn2)C2CNCCO2)c(Cl)c1. The molecule has 0 spiro atoms. The third-order valence-electron chi connectivity index (χ3n) is 3.42. The van der Waals surface area contributed by atoms with Gasteiger partial charge < -0.3 is 14.8 Å². The molecule has 0 radical (unpaired) electrons.